The van der Waals surface area contributed by atoms with Gasteiger partial charge in [0.25, 0.3) is 0 Å². The maximum Gasteiger partial charge on any atom is 0.118 e. The van der Waals surface area contributed by atoms with Crippen LogP contribution in [0.25, 0.3) is 0 Å². The molecule has 0 spiro atoms. The highest BCUT2D eigenvalue weighted by Crippen LogP contribution is 2.10. The van der Waals surface area contributed by atoms with E-state index in [1.54, 1.807) is 16.8 Å². The molecule has 0 aliphatic rings. The van der Waals surface area contributed by atoms with Crippen molar-refractivity contribution in [3.63, 3.8) is 0 Å². The molecule has 0 amide bonds. The van der Waals surface area contributed by atoms with Crippen LogP contribution in [0.5, 0.6) is 0 Å². The fourth-order valence-electron chi connectivity index (χ4n) is 1.14. The van der Waals surface area contributed by atoms with Gasteiger partial charge in [0.1, 0.15) is 10.5 Å². The Morgan fingerprint density at radius 1 is 1.58 bits per heavy atom. The largest absolute Gasteiger partial charge is 0.316 e. The smallest absolute Gasteiger partial charge is 0.118 e. The van der Waals surface area contributed by atoms with E-state index in [9.17, 15) is 0 Å². The summed E-state index contributed by atoms with van der Waals surface area (Å²) in [5.74, 6) is 0.638. The molecule has 1 N–H and O–H groups in total. The molecule has 4 heteroatoms. The summed E-state index contributed by atoms with van der Waals surface area (Å²) in [5, 5.41) is 12.2. The van der Waals surface area contributed by atoms with Gasteiger partial charge in [-0.1, -0.05) is 13.8 Å². The maximum absolute atomic E-state index is 4.01. The first kappa shape index (κ1) is 9.61. The lowest BCUT2D eigenvalue weighted by atomic mass is 10.0. The van der Waals surface area contributed by atoms with Crippen molar-refractivity contribution in [2.45, 2.75) is 26.3 Å². The zero-order valence-electron chi connectivity index (χ0n) is 7.74. The third-order valence-electron chi connectivity index (χ3n) is 1.98. The van der Waals surface area contributed by atoms with E-state index >= 15 is 0 Å². The summed E-state index contributed by atoms with van der Waals surface area (Å²) in [6, 6.07) is 0.512. The number of nitrogens with one attached hydrogen (secondary N) is 1. The van der Waals surface area contributed by atoms with Gasteiger partial charge < -0.3 is 5.32 Å². The highest BCUT2D eigenvalue weighted by Gasteiger charge is 2.12. The van der Waals surface area contributed by atoms with Gasteiger partial charge in [-0.25, -0.2) is 0 Å². The molecule has 0 saturated carbocycles. The summed E-state index contributed by atoms with van der Waals surface area (Å²) in [5.41, 5.74) is 1.78. The summed E-state index contributed by atoms with van der Waals surface area (Å²) < 4.78 is 0. The molecule has 0 radical (unpaired) electrons. The number of nitrogens with zero attached hydrogens (tertiary/aromatic N) is 2. The van der Waals surface area contributed by atoms with Crippen LogP contribution in [0.4, 0.5) is 0 Å². The standard InChI is InChI=1S/C8H15N3S/c1-6(2)7(9-3)4-8-11-10-5-12-8/h5-7,9H,4H2,1-3H3. The molecule has 1 heterocycles. The van der Waals surface area contributed by atoms with Crippen molar-refractivity contribution in [3.05, 3.63) is 10.5 Å². The molecule has 3 nitrogen and oxygen atoms in total. The van der Waals surface area contributed by atoms with Crippen molar-refractivity contribution >= 4 is 11.3 Å². The fraction of sp³-hybridized carbons (Fsp3) is 0.750. The van der Waals surface area contributed by atoms with Crippen molar-refractivity contribution in [2.24, 2.45) is 5.92 Å². The van der Waals surface area contributed by atoms with E-state index in [0.29, 0.717) is 12.0 Å². The van der Waals surface area contributed by atoms with E-state index in [-0.39, 0.29) is 0 Å². The number of rotatable bonds is 4. The van der Waals surface area contributed by atoms with Crippen LogP contribution < -0.4 is 5.32 Å². The lowest BCUT2D eigenvalue weighted by Gasteiger charge is -2.18. The van der Waals surface area contributed by atoms with Gasteiger partial charge >= 0.3 is 0 Å². The van der Waals surface area contributed by atoms with Crippen LogP contribution in [0.15, 0.2) is 5.51 Å². The van der Waals surface area contributed by atoms with Crippen LogP contribution in [-0.2, 0) is 6.42 Å². The summed E-state index contributed by atoms with van der Waals surface area (Å²) in [7, 11) is 1.99. The van der Waals surface area contributed by atoms with Gasteiger partial charge in [0, 0.05) is 12.5 Å². The zero-order chi connectivity index (χ0) is 8.97. The molecule has 1 aromatic rings. The summed E-state index contributed by atoms with van der Waals surface area (Å²) in [4.78, 5) is 0. The van der Waals surface area contributed by atoms with Crippen molar-refractivity contribution in [2.75, 3.05) is 7.05 Å². The van der Waals surface area contributed by atoms with Crippen molar-refractivity contribution in [1.82, 2.24) is 15.5 Å². The van der Waals surface area contributed by atoms with E-state index < -0.39 is 0 Å². The molecule has 68 valence electrons. The van der Waals surface area contributed by atoms with Gasteiger partial charge in [-0.2, -0.15) is 0 Å². The van der Waals surface area contributed by atoms with Crippen LogP contribution >= 0.6 is 11.3 Å². The molecule has 0 aliphatic heterocycles. The molecular weight excluding hydrogens is 170 g/mol. The molecule has 12 heavy (non-hydrogen) atoms. The second-order valence-electron chi connectivity index (χ2n) is 3.18. The molecule has 0 aromatic carbocycles. The average Bonchev–Trinajstić information content (AvgIpc) is 2.51. The van der Waals surface area contributed by atoms with Crippen LogP contribution in [-0.4, -0.2) is 23.3 Å². The molecule has 0 aliphatic carbocycles. The number of hydrogen-bond donors (Lipinski definition) is 1. The van der Waals surface area contributed by atoms with Gasteiger partial charge in [0.2, 0.25) is 0 Å². The zero-order valence-corrected chi connectivity index (χ0v) is 8.56. The number of aromatic nitrogens is 2. The van der Waals surface area contributed by atoms with Gasteiger partial charge in [0.15, 0.2) is 0 Å². The van der Waals surface area contributed by atoms with E-state index in [1.165, 1.54) is 0 Å². The second-order valence-corrected chi connectivity index (χ2v) is 4.09. The Balaban J connectivity index is 2.48. The minimum Gasteiger partial charge on any atom is -0.316 e. The summed E-state index contributed by atoms with van der Waals surface area (Å²) >= 11 is 1.62. The minimum atomic E-state index is 0.512. The lowest BCUT2D eigenvalue weighted by molar-refractivity contribution is 0.423. The number of likely N-dealkylation sites (N-methyl/N-ethyl adjacent to an activating group) is 1. The molecule has 1 atom stereocenters. The fourth-order valence-corrected chi connectivity index (χ4v) is 1.73. The van der Waals surface area contributed by atoms with E-state index in [0.717, 1.165) is 11.4 Å². The average molecular weight is 185 g/mol. The number of hydrogen-bond acceptors (Lipinski definition) is 4. The predicted molar refractivity (Wildman–Crippen MR) is 51.3 cm³/mol. The summed E-state index contributed by atoms with van der Waals surface area (Å²) in [6.07, 6.45) is 0.985. The SMILES string of the molecule is CNC(Cc1nncs1)C(C)C. The third-order valence-corrected chi connectivity index (χ3v) is 2.70. The first-order valence-corrected chi connectivity index (χ1v) is 5.04. The first-order chi connectivity index (χ1) is 5.74. The summed E-state index contributed by atoms with van der Waals surface area (Å²) in [6.45, 7) is 4.42. The van der Waals surface area contributed by atoms with Crippen molar-refractivity contribution in [3.8, 4) is 0 Å². The van der Waals surface area contributed by atoms with Gasteiger partial charge in [0.05, 0.1) is 0 Å². The quantitative estimate of drug-likeness (QED) is 0.769. The van der Waals surface area contributed by atoms with Crippen LogP contribution in [0, 0.1) is 5.92 Å². The Kier molecular flexibility index (Phi) is 3.62. The Morgan fingerprint density at radius 3 is 2.75 bits per heavy atom. The maximum atomic E-state index is 4.01. The molecule has 1 rings (SSSR count). The molecule has 1 unspecified atom stereocenters. The minimum absolute atomic E-state index is 0.512. The van der Waals surface area contributed by atoms with Gasteiger partial charge in [-0.05, 0) is 13.0 Å². The Bertz CT molecular complexity index is 208. The molecule has 0 bridgehead atoms. The highest BCUT2D eigenvalue weighted by molar-refractivity contribution is 7.09. The molecule has 0 fully saturated rings. The van der Waals surface area contributed by atoms with Crippen LogP contribution in [0.3, 0.4) is 0 Å². The van der Waals surface area contributed by atoms with Crippen LogP contribution in [0.2, 0.25) is 0 Å². The first-order valence-electron chi connectivity index (χ1n) is 4.16. The van der Waals surface area contributed by atoms with Crippen molar-refractivity contribution < 1.29 is 0 Å². The van der Waals surface area contributed by atoms with E-state index in [2.05, 4.69) is 29.4 Å². The van der Waals surface area contributed by atoms with E-state index in [4.69, 9.17) is 0 Å². The van der Waals surface area contributed by atoms with Crippen LogP contribution in [0.1, 0.15) is 18.9 Å². The van der Waals surface area contributed by atoms with Crippen molar-refractivity contribution in [1.29, 1.82) is 0 Å². The molecular formula is C8H15N3S. The molecule has 0 saturated heterocycles. The monoisotopic (exact) mass is 185 g/mol. The lowest BCUT2D eigenvalue weighted by Crippen LogP contribution is -2.32. The topological polar surface area (TPSA) is 37.8 Å². The Labute approximate surface area is 77.2 Å². The Morgan fingerprint density at radius 2 is 2.33 bits per heavy atom. The predicted octanol–water partition coefficient (Wildman–Crippen LogP) is 1.32. The van der Waals surface area contributed by atoms with E-state index in [1.807, 2.05) is 7.05 Å². The third kappa shape index (κ3) is 2.53. The highest BCUT2D eigenvalue weighted by atomic mass is 32.1. The second kappa shape index (κ2) is 4.52. The molecule has 1 aromatic heterocycles. The Hall–Kier alpha value is -0.480. The normalized spacial score (nSPS) is 13.7. The van der Waals surface area contributed by atoms with Gasteiger partial charge in [-0.3, -0.25) is 0 Å². The van der Waals surface area contributed by atoms with Gasteiger partial charge in [-0.15, -0.1) is 21.5 Å².